The largest absolute Gasteiger partial charge is 0.461 e. The summed E-state index contributed by atoms with van der Waals surface area (Å²) < 4.78 is 5.48. The minimum absolute atomic E-state index is 0.359. The van der Waals surface area contributed by atoms with Crippen molar-refractivity contribution in [1.29, 1.82) is 0 Å². The molecule has 0 amide bonds. The third-order valence-corrected chi connectivity index (χ3v) is 5.98. The molecule has 0 bridgehead atoms. The van der Waals surface area contributed by atoms with Gasteiger partial charge in [-0.2, -0.15) is 0 Å². The van der Waals surface area contributed by atoms with Crippen molar-refractivity contribution < 1.29 is 9.53 Å². The van der Waals surface area contributed by atoms with Gasteiger partial charge >= 0.3 is 5.97 Å². The minimum Gasteiger partial charge on any atom is -0.461 e. The summed E-state index contributed by atoms with van der Waals surface area (Å²) in [5.74, 6) is 1.89. The van der Waals surface area contributed by atoms with Crippen molar-refractivity contribution in [2.45, 2.75) is 13.3 Å². The van der Waals surface area contributed by atoms with Gasteiger partial charge in [0.05, 0.1) is 12.0 Å². The first-order valence-corrected chi connectivity index (χ1v) is 12.5. The summed E-state index contributed by atoms with van der Waals surface area (Å²) in [4.78, 5) is 41.6. The Hall–Kier alpha value is -4.35. The molecule has 194 valence electrons. The molecule has 5 rings (SSSR count). The van der Waals surface area contributed by atoms with Crippen LogP contribution in [-0.4, -0.2) is 80.1 Å². The van der Waals surface area contributed by atoms with E-state index in [0.29, 0.717) is 53.3 Å². The monoisotopic (exact) mass is 511 g/mol. The summed E-state index contributed by atoms with van der Waals surface area (Å²) >= 11 is 0. The Morgan fingerprint density at radius 1 is 0.974 bits per heavy atom. The molecule has 0 radical (unpaired) electrons. The van der Waals surface area contributed by atoms with Crippen LogP contribution >= 0.6 is 0 Å². The lowest BCUT2D eigenvalue weighted by Gasteiger charge is -2.26. The van der Waals surface area contributed by atoms with E-state index >= 15 is 0 Å². The highest BCUT2D eigenvalue weighted by Crippen LogP contribution is 2.17. The van der Waals surface area contributed by atoms with Gasteiger partial charge in [-0.25, -0.2) is 29.7 Å². The lowest BCUT2D eigenvalue weighted by atomic mass is 10.2. The van der Waals surface area contributed by atoms with Gasteiger partial charge in [-0.3, -0.25) is 9.88 Å². The average Bonchev–Trinajstić information content (AvgIpc) is 2.94. The Kier molecular flexibility index (Phi) is 8.16. The van der Waals surface area contributed by atoms with Crippen LogP contribution in [0.25, 0.3) is 11.5 Å². The summed E-state index contributed by atoms with van der Waals surface area (Å²) in [7, 11) is 0. The Balaban J connectivity index is 1.20. The van der Waals surface area contributed by atoms with E-state index in [2.05, 4.69) is 45.4 Å². The van der Waals surface area contributed by atoms with Crippen LogP contribution < -0.4 is 10.6 Å². The molecule has 5 heterocycles. The zero-order valence-electron chi connectivity index (χ0n) is 21.2. The number of hydrogen-bond donors (Lipinski definition) is 2. The number of piperazine rings is 1. The van der Waals surface area contributed by atoms with Gasteiger partial charge in [0.15, 0.2) is 5.82 Å². The third-order valence-electron chi connectivity index (χ3n) is 5.98. The fraction of sp³-hybridized carbons (Fsp3) is 0.296. The van der Waals surface area contributed by atoms with Crippen LogP contribution in [0.2, 0.25) is 0 Å². The summed E-state index contributed by atoms with van der Waals surface area (Å²) in [6, 6.07) is 12.6. The first-order valence-electron chi connectivity index (χ1n) is 12.5. The smallest absolute Gasteiger partial charge is 0.338 e. The molecule has 11 nitrogen and oxygen atoms in total. The maximum atomic E-state index is 12.6. The lowest BCUT2D eigenvalue weighted by molar-refractivity contribution is 0.0455. The van der Waals surface area contributed by atoms with E-state index in [0.717, 1.165) is 38.4 Å². The molecule has 38 heavy (non-hydrogen) atoms. The number of rotatable bonds is 9. The van der Waals surface area contributed by atoms with Crippen molar-refractivity contribution in [3.63, 3.8) is 0 Å². The zero-order valence-corrected chi connectivity index (χ0v) is 21.2. The topological polar surface area (TPSA) is 131 Å². The van der Waals surface area contributed by atoms with Crippen molar-refractivity contribution in [2.75, 3.05) is 44.6 Å². The molecule has 0 saturated carbocycles. The van der Waals surface area contributed by atoms with Crippen LogP contribution in [0.3, 0.4) is 0 Å². The number of aromatic nitrogens is 6. The van der Waals surface area contributed by atoms with Gasteiger partial charge in [0, 0.05) is 62.7 Å². The molecule has 11 heteroatoms. The van der Waals surface area contributed by atoms with E-state index < -0.39 is 0 Å². The molecular formula is C27H29N9O2. The number of hydrogen-bond acceptors (Lipinski definition) is 11. The molecule has 1 aliphatic heterocycles. The summed E-state index contributed by atoms with van der Waals surface area (Å²) in [5.41, 5.74) is 2.73. The molecule has 0 atom stereocenters. The van der Waals surface area contributed by atoms with Crippen LogP contribution in [0.1, 0.15) is 27.6 Å². The molecule has 0 spiro atoms. The summed E-state index contributed by atoms with van der Waals surface area (Å²) in [5, 5.41) is 6.52. The molecule has 2 N–H and O–H groups in total. The Morgan fingerprint density at radius 2 is 1.76 bits per heavy atom. The molecule has 4 aromatic heterocycles. The van der Waals surface area contributed by atoms with Crippen molar-refractivity contribution in [3.8, 4) is 11.5 Å². The van der Waals surface area contributed by atoms with Crippen LogP contribution in [0, 0.1) is 6.92 Å². The van der Waals surface area contributed by atoms with Crippen LogP contribution in [0.5, 0.6) is 0 Å². The van der Waals surface area contributed by atoms with Crippen LogP contribution in [0.15, 0.2) is 61.1 Å². The second-order valence-electron chi connectivity index (χ2n) is 8.85. The number of ether oxygens (including phenoxy) is 1. The second-order valence-corrected chi connectivity index (χ2v) is 8.85. The number of pyridine rings is 2. The number of nitrogens with one attached hydrogen (secondary N) is 2. The predicted octanol–water partition coefficient (Wildman–Crippen LogP) is 2.43. The predicted molar refractivity (Wildman–Crippen MR) is 142 cm³/mol. The SMILES string of the molecule is Cc1cccc(-c2nccc(Nc3ccnc(Cc4cc(C(=O)OCCN5CCNCC5)ccn4)n3)n2)n1. The third kappa shape index (κ3) is 6.90. The van der Waals surface area contributed by atoms with Crippen LogP contribution in [-0.2, 0) is 11.2 Å². The second kappa shape index (κ2) is 12.3. The molecule has 1 fully saturated rings. The van der Waals surface area contributed by atoms with Gasteiger partial charge in [0.2, 0.25) is 0 Å². The van der Waals surface area contributed by atoms with Crippen LogP contribution in [0.4, 0.5) is 11.6 Å². The normalized spacial score (nSPS) is 13.7. The van der Waals surface area contributed by atoms with Crippen molar-refractivity contribution in [2.24, 2.45) is 0 Å². The number of aryl methyl sites for hydroxylation is 1. The van der Waals surface area contributed by atoms with Crippen molar-refractivity contribution in [3.05, 3.63) is 83.8 Å². The van der Waals surface area contributed by atoms with Gasteiger partial charge in [-0.15, -0.1) is 0 Å². The van der Waals surface area contributed by atoms with Crippen molar-refractivity contribution in [1.82, 2.24) is 40.1 Å². The van der Waals surface area contributed by atoms with E-state index in [1.807, 2.05) is 25.1 Å². The first-order chi connectivity index (χ1) is 18.6. The highest BCUT2D eigenvalue weighted by Gasteiger charge is 2.13. The number of carbonyl (C=O) groups is 1. The van der Waals surface area contributed by atoms with Gasteiger partial charge in [-0.1, -0.05) is 6.07 Å². The lowest BCUT2D eigenvalue weighted by Crippen LogP contribution is -2.44. The van der Waals surface area contributed by atoms with E-state index in [-0.39, 0.29) is 5.97 Å². The maximum Gasteiger partial charge on any atom is 0.338 e. The van der Waals surface area contributed by atoms with Crippen molar-refractivity contribution >= 4 is 17.6 Å². The molecule has 1 saturated heterocycles. The zero-order chi connectivity index (χ0) is 26.2. The summed E-state index contributed by atoms with van der Waals surface area (Å²) in [6.45, 7) is 6.87. The molecular weight excluding hydrogens is 482 g/mol. The fourth-order valence-electron chi connectivity index (χ4n) is 4.05. The average molecular weight is 512 g/mol. The van der Waals surface area contributed by atoms with E-state index in [1.165, 1.54) is 0 Å². The molecule has 0 aliphatic carbocycles. The molecule has 0 aromatic carbocycles. The first kappa shape index (κ1) is 25.3. The minimum atomic E-state index is -0.359. The van der Waals surface area contributed by atoms with E-state index in [4.69, 9.17) is 4.74 Å². The molecule has 0 unspecified atom stereocenters. The van der Waals surface area contributed by atoms with Gasteiger partial charge in [0.1, 0.15) is 29.8 Å². The fourth-order valence-corrected chi connectivity index (χ4v) is 4.05. The highest BCUT2D eigenvalue weighted by atomic mass is 16.5. The van der Waals surface area contributed by atoms with Gasteiger partial charge < -0.3 is 15.4 Å². The Labute approximate surface area is 220 Å². The van der Waals surface area contributed by atoms with E-state index in [9.17, 15) is 4.79 Å². The Morgan fingerprint density at radius 3 is 2.61 bits per heavy atom. The number of nitrogens with zero attached hydrogens (tertiary/aromatic N) is 7. The van der Waals surface area contributed by atoms with E-state index in [1.54, 1.807) is 42.9 Å². The standard InChI is InChI=1S/C27H29N9O2/c1-19-3-2-4-22(32-19)26-31-10-7-24(35-26)33-23-6-9-30-25(34-23)18-21-17-20(5-8-29-21)27(37)38-16-15-36-13-11-28-12-14-36/h2-10,17,28H,11-16,18H2,1H3,(H,30,31,33,34,35). The maximum absolute atomic E-state index is 12.6. The number of esters is 1. The molecule has 1 aliphatic rings. The van der Waals surface area contributed by atoms with Gasteiger partial charge in [0.25, 0.3) is 0 Å². The number of carbonyl (C=O) groups excluding carboxylic acids is 1. The quantitative estimate of drug-likeness (QED) is 0.321. The molecule has 4 aromatic rings. The number of anilines is 2. The van der Waals surface area contributed by atoms with Gasteiger partial charge in [-0.05, 0) is 43.3 Å². The Bertz CT molecular complexity index is 1390. The highest BCUT2D eigenvalue weighted by molar-refractivity contribution is 5.89. The summed E-state index contributed by atoms with van der Waals surface area (Å²) in [6.07, 6.45) is 5.31.